The van der Waals surface area contributed by atoms with E-state index in [1.165, 1.54) is 0 Å². The summed E-state index contributed by atoms with van der Waals surface area (Å²) in [6.45, 7) is 1.95. The van der Waals surface area contributed by atoms with Crippen LogP contribution in [-0.4, -0.2) is 6.03 Å². The van der Waals surface area contributed by atoms with Crippen molar-refractivity contribution >= 4 is 28.7 Å². The van der Waals surface area contributed by atoms with Crippen molar-refractivity contribution in [2.24, 2.45) is 0 Å². The van der Waals surface area contributed by atoms with Crippen LogP contribution in [0.5, 0.6) is 0 Å². The number of rotatable bonds is 3. The molecule has 2 rings (SSSR count). The topological polar surface area (TPSA) is 67.2 Å². The molecule has 18 heavy (non-hydrogen) atoms. The molecule has 2 aromatic rings. The molecule has 4 nitrogen and oxygen atoms in total. The Balaban J connectivity index is 1.93. The van der Waals surface area contributed by atoms with Crippen molar-refractivity contribution in [2.75, 3.05) is 11.1 Å². The largest absolute Gasteiger partial charge is 0.399 e. The smallest absolute Gasteiger partial charge is 0.319 e. The van der Waals surface area contributed by atoms with Gasteiger partial charge in [-0.1, -0.05) is 12.1 Å². The van der Waals surface area contributed by atoms with Crippen molar-refractivity contribution < 1.29 is 4.79 Å². The minimum absolute atomic E-state index is 0.00828. The van der Waals surface area contributed by atoms with E-state index in [4.69, 9.17) is 5.73 Å². The van der Waals surface area contributed by atoms with Crippen LogP contribution in [0.1, 0.15) is 17.8 Å². The zero-order valence-corrected chi connectivity index (χ0v) is 10.8. The third kappa shape index (κ3) is 3.24. The van der Waals surface area contributed by atoms with E-state index in [1.54, 1.807) is 35.6 Å². The highest BCUT2D eigenvalue weighted by atomic mass is 32.1. The van der Waals surface area contributed by atoms with Gasteiger partial charge in [0.15, 0.2) is 0 Å². The molecule has 0 saturated carbocycles. The summed E-state index contributed by atoms with van der Waals surface area (Å²) in [6, 6.07) is 10.8. The van der Waals surface area contributed by atoms with E-state index < -0.39 is 0 Å². The zero-order valence-electron chi connectivity index (χ0n) is 10.0. The number of anilines is 2. The summed E-state index contributed by atoms with van der Waals surface area (Å²) in [5, 5.41) is 7.61. The lowest BCUT2D eigenvalue weighted by molar-refractivity contribution is 0.249. The second-order valence-corrected chi connectivity index (χ2v) is 4.94. The number of carbonyl (C=O) groups excluding carboxylic acids is 1. The maximum Gasteiger partial charge on any atom is 0.319 e. The lowest BCUT2D eigenvalue weighted by Gasteiger charge is -2.13. The summed E-state index contributed by atoms with van der Waals surface area (Å²) >= 11 is 1.62. The van der Waals surface area contributed by atoms with E-state index >= 15 is 0 Å². The SMILES string of the molecule is CC(NC(=O)Nc1cccc(N)c1)c1cccs1. The Hall–Kier alpha value is -2.01. The predicted molar refractivity (Wildman–Crippen MR) is 75.7 cm³/mol. The maximum atomic E-state index is 11.8. The monoisotopic (exact) mass is 261 g/mol. The van der Waals surface area contributed by atoms with Gasteiger partial charge in [0.25, 0.3) is 0 Å². The molecule has 1 aromatic carbocycles. The van der Waals surface area contributed by atoms with Crippen LogP contribution >= 0.6 is 11.3 Å². The molecule has 1 unspecified atom stereocenters. The standard InChI is InChI=1S/C13H15N3OS/c1-9(12-6-3-7-18-12)15-13(17)16-11-5-2-4-10(14)8-11/h2-9H,14H2,1H3,(H2,15,16,17). The first-order valence-electron chi connectivity index (χ1n) is 5.61. The molecule has 2 amide bonds. The average molecular weight is 261 g/mol. The minimum Gasteiger partial charge on any atom is -0.399 e. The summed E-state index contributed by atoms with van der Waals surface area (Å²) in [4.78, 5) is 12.9. The maximum absolute atomic E-state index is 11.8. The molecule has 0 fully saturated rings. The molecule has 1 heterocycles. The van der Waals surface area contributed by atoms with Gasteiger partial charge in [0.05, 0.1) is 6.04 Å². The molecule has 0 spiro atoms. The van der Waals surface area contributed by atoms with Gasteiger partial charge in [-0.25, -0.2) is 4.79 Å². The molecule has 1 atom stereocenters. The molecule has 1 aromatic heterocycles. The van der Waals surface area contributed by atoms with E-state index in [0.29, 0.717) is 11.4 Å². The molecular weight excluding hydrogens is 246 g/mol. The van der Waals surface area contributed by atoms with Gasteiger partial charge in [-0.2, -0.15) is 0 Å². The highest BCUT2D eigenvalue weighted by Gasteiger charge is 2.10. The molecule has 0 aliphatic carbocycles. The molecule has 5 heteroatoms. The van der Waals surface area contributed by atoms with Gasteiger partial charge < -0.3 is 16.4 Å². The minimum atomic E-state index is -0.235. The van der Waals surface area contributed by atoms with Crippen molar-refractivity contribution in [3.63, 3.8) is 0 Å². The summed E-state index contributed by atoms with van der Waals surface area (Å²) in [7, 11) is 0. The Kier molecular flexibility index (Phi) is 3.84. The van der Waals surface area contributed by atoms with Crippen LogP contribution < -0.4 is 16.4 Å². The first kappa shape index (κ1) is 12.4. The molecular formula is C13H15N3OS. The van der Waals surface area contributed by atoms with Crippen molar-refractivity contribution in [2.45, 2.75) is 13.0 Å². The lowest BCUT2D eigenvalue weighted by Crippen LogP contribution is -2.30. The third-order valence-corrected chi connectivity index (χ3v) is 3.52. The predicted octanol–water partition coefficient (Wildman–Crippen LogP) is 3.21. The Morgan fingerprint density at radius 2 is 2.17 bits per heavy atom. The average Bonchev–Trinajstić information content (AvgIpc) is 2.81. The summed E-state index contributed by atoms with van der Waals surface area (Å²) in [6.07, 6.45) is 0. The molecule has 4 N–H and O–H groups in total. The number of thiophene rings is 1. The number of nitrogen functional groups attached to an aromatic ring is 1. The van der Waals surface area contributed by atoms with Gasteiger partial charge in [0, 0.05) is 16.3 Å². The van der Waals surface area contributed by atoms with Crippen LogP contribution in [0, 0.1) is 0 Å². The molecule has 0 saturated heterocycles. The fraction of sp³-hybridized carbons (Fsp3) is 0.154. The van der Waals surface area contributed by atoms with E-state index in [2.05, 4.69) is 10.6 Å². The van der Waals surface area contributed by atoms with Gasteiger partial charge >= 0.3 is 6.03 Å². The Morgan fingerprint density at radius 3 is 2.83 bits per heavy atom. The Labute approximate surface area is 110 Å². The number of nitrogens with two attached hydrogens (primary N) is 1. The highest BCUT2D eigenvalue weighted by molar-refractivity contribution is 7.10. The van der Waals surface area contributed by atoms with Crippen LogP contribution in [0.25, 0.3) is 0 Å². The molecule has 0 aliphatic heterocycles. The van der Waals surface area contributed by atoms with Gasteiger partial charge in [0.1, 0.15) is 0 Å². The molecule has 0 bridgehead atoms. The van der Waals surface area contributed by atoms with Gasteiger partial charge in [-0.15, -0.1) is 11.3 Å². The Bertz CT molecular complexity index is 525. The van der Waals surface area contributed by atoms with Crippen molar-refractivity contribution in [1.29, 1.82) is 0 Å². The number of nitrogens with one attached hydrogen (secondary N) is 2. The lowest BCUT2D eigenvalue weighted by atomic mass is 10.2. The van der Waals surface area contributed by atoms with Crippen molar-refractivity contribution in [1.82, 2.24) is 5.32 Å². The van der Waals surface area contributed by atoms with Gasteiger partial charge in [-0.05, 0) is 36.6 Å². The van der Waals surface area contributed by atoms with Gasteiger partial charge in [-0.3, -0.25) is 0 Å². The van der Waals surface area contributed by atoms with E-state index in [0.717, 1.165) is 4.88 Å². The van der Waals surface area contributed by atoms with Crippen LogP contribution in [0.2, 0.25) is 0 Å². The normalized spacial score (nSPS) is 11.8. The molecule has 0 aliphatic rings. The van der Waals surface area contributed by atoms with Crippen LogP contribution in [0.4, 0.5) is 16.2 Å². The first-order chi connectivity index (χ1) is 8.65. The number of amides is 2. The summed E-state index contributed by atoms with van der Waals surface area (Å²) in [5.41, 5.74) is 6.95. The van der Waals surface area contributed by atoms with E-state index in [9.17, 15) is 4.79 Å². The van der Waals surface area contributed by atoms with Gasteiger partial charge in [0.2, 0.25) is 0 Å². The van der Waals surface area contributed by atoms with E-state index in [1.807, 2.05) is 24.4 Å². The zero-order chi connectivity index (χ0) is 13.0. The Morgan fingerprint density at radius 1 is 1.33 bits per heavy atom. The highest BCUT2D eigenvalue weighted by Crippen LogP contribution is 2.18. The second kappa shape index (κ2) is 5.55. The van der Waals surface area contributed by atoms with Crippen molar-refractivity contribution in [3.05, 3.63) is 46.7 Å². The second-order valence-electron chi connectivity index (χ2n) is 3.96. The first-order valence-corrected chi connectivity index (χ1v) is 6.49. The van der Waals surface area contributed by atoms with E-state index in [-0.39, 0.29) is 12.1 Å². The summed E-state index contributed by atoms with van der Waals surface area (Å²) in [5.74, 6) is 0. The number of hydrogen-bond donors (Lipinski definition) is 3. The number of benzene rings is 1. The third-order valence-electron chi connectivity index (χ3n) is 2.46. The van der Waals surface area contributed by atoms with Crippen LogP contribution in [0.15, 0.2) is 41.8 Å². The fourth-order valence-corrected chi connectivity index (χ4v) is 2.32. The molecule has 94 valence electrons. The van der Waals surface area contributed by atoms with Crippen molar-refractivity contribution in [3.8, 4) is 0 Å². The fourth-order valence-electron chi connectivity index (χ4n) is 1.59. The number of carbonyl (C=O) groups is 1. The number of urea groups is 1. The quantitative estimate of drug-likeness (QED) is 0.743. The number of hydrogen-bond acceptors (Lipinski definition) is 3. The van der Waals surface area contributed by atoms with Crippen LogP contribution in [0.3, 0.4) is 0 Å². The summed E-state index contributed by atoms with van der Waals surface area (Å²) < 4.78 is 0. The molecule has 0 radical (unpaired) electrons. The van der Waals surface area contributed by atoms with Crippen LogP contribution in [-0.2, 0) is 0 Å².